The highest BCUT2D eigenvalue weighted by molar-refractivity contribution is 5.69. The SMILES string of the molecule is Cn1cc(CCC(CCCCN)C(=O)O)cn1. The fourth-order valence-corrected chi connectivity index (χ4v) is 1.87. The molecule has 96 valence electrons. The Balaban J connectivity index is 2.36. The van der Waals surface area contributed by atoms with Crippen molar-refractivity contribution in [1.29, 1.82) is 0 Å². The van der Waals surface area contributed by atoms with E-state index in [0.717, 1.165) is 24.8 Å². The lowest BCUT2D eigenvalue weighted by Crippen LogP contribution is -2.15. The Kier molecular flexibility index (Phi) is 5.69. The first-order chi connectivity index (χ1) is 8.13. The van der Waals surface area contributed by atoms with Gasteiger partial charge in [0.05, 0.1) is 12.1 Å². The number of nitrogens with two attached hydrogens (primary N) is 1. The standard InChI is InChI=1S/C12H21N3O2/c1-15-9-10(8-14-15)5-6-11(12(16)17)4-2-3-7-13/h8-9,11H,2-7,13H2,1H3,(H,16,17). The van der Waals surface area contributed by atoms with Crippen LogP contribution in [0.4, 0.5) is 0 Å². The molecule has 0 bridgehead atoms. The van der Waals surface area contributed by atoms with Crippen LogP contribution in [0.2, 0.25) is 0 Å². The number of aliphatic carboxylic acids is 1. The number of aryl methyl sites for hydroxylation is 2. The van der Waals surface area contributed by atoms with Crippen molar-refractivity contribution in [2.45, 2.75) is 32.1 Å². The number of carbonyl (C=O) groups is 1. The Hall–Kier alpha value is -1.36. The second-order valence-electron chi connectivity index (χ2n) is 4.38. The van der Waals surface area contributed by atoms with Gasteiger partial charge in [-0.05, 0) is 37.8 Å². The molecule has 5 heteroatoms. The molecule has 0 aliphatic heterocycles. The zero-order valence-electron chi connectivity index (χ0n) is 10.3. The van der Waals surface area contributed by atoms with Crippen LogP contribution in [-0.2, 0) is 18.3 Å². The van der Waals surface area contributed by atoms with Gasteiger partial charge in [-0.3, -0.25) is 9.48 Å². The summed E-state index contributed by atoms with van der Waals surface area (Å²) in [6.07, 6.45) is 7.67. The zero-order valence-corrected chi connectivity index (χ0v) is 10.3. The summed E-state index contributed by atoms with van der Waals surface area (Å²) in [5.41, 5.74) is 6.50. The molecule has 3 N–H and O–H groups in total. The van der Waals surface area contributed by atoms with Crippen molar-refractivity contribution >= 4 is 5.97 Å². The highest BCUT2D eigenvalue weighted by atomic mass is 16.4. The number of hydrogen-bond acceptors (Lipinski definition) is 3. The second kappa shape index (κ2) is 7.06. The molecule has 5 nitrogen and oxygen atoms in total. The van der Waals surface area contributed by atoms with Crippen molar-refractivity contribution in [3.8, 4) is 0 Å². The molecule has 17 heavy (non-hydrogen) atoms. The van der Waals surface area contributed by atoms with Crippen molar-refractivity contribution in [1.82, 2.24) is 9.78 Å². The van der Waals surface area contributed by atoms with E-state index in [2.05, 4.69) is 5.10 Å². The molecular weight excluding hydrogens is 218 g/mol. The van der Waals surface area contributed by atoms with Gasteiger partial charge in [0, 0.05) is 13.2 Å². The minimum atomic E-state index is -0.703. The quantitative estimate of drug-likeness (QED) is 0.667. The summed E-state index contributed by atoms with van der Waals surface area (Å²) in [5, 5.41) is 13.2. The molecule has 1 unspecified atom stereocenters. The first-order valence-corrected chi connectivity index (χ1v) is 6.04. The number of carboxylic acid groups (broad SMARTS) is 1. The number of hydrogen-bond donors (Lipinski definition) is 2. The third-order valence-corrected chi connectivity index (χ3v) is 2.90. The van der Waals surface area contributed by atoms with Gasteiger partial charge in [-0.2, -0.15) is 5.10 Å². The molecule has 0 fully saturated rings. The van der Waals surface area contributed by atoms with E-state index < -0.39 is 5.97 Å². The molecule has 1 rings (SSSR count). The average molecular weight is 239 g/mol. The van der Waals surface area contributed by atoms with Gasteiger partial charge in [0.2, 0.25) is 0 Å². The Morgan fingerprint density at radius 1 is 1.53 bits per heavy atom. The number of carboxylic acids is 1. The summed E-state index contributed by atoms with van der Waals surface area (Å²) in [4.78, 5) is 11.1. The predicted molar refractivity (Wildman–Crippen MR) is 65.6 cm³/mol. The van der Waals surface area contributed by atoms with E-state index in [-0.39, 0.29) is 5.92 Å². The zero-order chi connectivity index (χ0) is 12.7. The van der Waals surface area contributed by atoms with Crippen molar-refractivity contribution in [3.05, 3.63) is 18.0 Å². The van der Waals surface area contributed by atoms with Gasteiger partial charge in [0.1, 0.15) is 0 Å². The third kappa shape index (κ3) is 4.99. The van der Waals surface area contributed by atoms with E-state index in [1.807, 2.05) is 13.2 Å². The first-order valence-electron chi connectivity index (χ1n) is 6.04. The molecule has 0 spiro atoms. The van der Waals surface area contributed by atoms with Crippen LogP contribution in [0.1, 0.15) is 31.2 Å². The monoisotopic (exact) mass is 239 g/mol. The number of unbranched alkanes of at least 4 members (excludes halogenated alkanes) is 1. The minimum absolute atomic E-state index is 0.262. The summed E-state index contributed by atoms with van der Waals surface area (Å²) in [5.74, 6) is -0.965. The van der Waals surface area contributed by atoms with Crippen molar-refractivity contribution in [2.24, 2.45) is 18.7 Å². The molecule has 0 saturated heterocycles. The fourth-order valence-electron chi connectivity index (χ4n) is 1.87. The average Bonchev–Trinajstić information content (AvgIpc) is 2.69. The molecular formula is C12H21N3O2. The van der Waals surface area contributed by atoms with E-state index in [9.17, 15) is 4.79 Å². The minimum Gasteiger partial charge on any atom is -0.481 e. The number of aromatic nitrogens is 2. The van der Waals surface area contributed by atoms with Crippen molar-refractivity contribution < 1.29 is 9.90 Å². The van der Waals surface area contributed by atoms with Gasteiger partial charge < -0.3 is 10.8 Å². The van der Waals surface area contributed by atoms with Gasteiger partial charge in [0.25, 0.3) is 0 Å². The van der Waals surface area contributed by atoms with Gasteiger partial charge in [-0.1, -0.05) is 6.42 Å². The van der Waals surface area contributed by atoms with Gasteiger partial charge in [-0.15, -0.1) is 0 Å². The van der Waals surface area contributed by atoms with Gasteiger partial charge in [-0.25, -0.2) is 0 Å². The van der Waals surface area contributed by atoms with Crippen LogP contribution in [0.25, 0.3) is 0 Å². The summed E-state index contributed by atoms with van der Waals surface area (Å²) in [6.45, 7) is 0.634. The normalized spacial score (nSPS) is 12.6. The molecule has 1 heterocycles. The maximum atomic E-state index is 11.1. The van der Waals surface area contributed by atoms with E-state index in [0.29, 0.717) is 19.4 Å². The lowest BCUT2D eigenvalue weighted by molar-refractivity contribution is -0.142. The number of nitrogens with zero attached hydrogens (tertiary/aromatic N) is 2. The Bertz CT molecular complexity index is 349. The molecule has 1 aromatic heterocycles. The maximum Gasteiger partial charge on any atom is 0.306 e. The molecule has 0 aromatic carbocycles. The van der Waals surface area contributed by atoms with E-state index >= 15 is 0 Å². The van der Waals surface area contributed by atoms with Crippen LogP contribution in [0.15, 0.2) is 12.4 Å². The van der Waals surface area contributed by atoms with E-state index in [1.54, 1.807) is 10.9 Å². The van der Waals surface area contributed by atoms with Gasteiger partial charge >= 0.3 is 5.97 Å². The predicted octanol–water partition coefficient (Wildman–Crippen LogP) is 1.18. The van der Waals surface area contributed by atoms with Gasteiger partial charge in [0.15, 0.2) is 0 Å². The maximum absolute atomic E-state index is 11.1. The summed E-state index contributed by atoms with van der Waals surface area (Å²) >= 11 is 0. The van der Waals surface area contributed by atoms with E-state index in [4.69, 9.17) is 10.8 Å². The summed E-state index contributed by atoms with van der Waals surface area (Å²) in [6, 6.07) is 0. The van der Waals surface area contributed by atoms with Crippen LogP contribution in [-0.4, -0.2) is 27.4 Å². The largest absolute Gasteiger partial charge is 0.481 e. The van der Waals surface area contributed by atoms with Crippen LogP contribution in [0, 0.1) is 5.92 Å². The highest BCUT2D eigenvalue weighted by Gasteiger charge is 2.16. The highest BCUT2D eigenvalue weighted by Crippen LogP contribution is 2.16. The molecule has 0 amide bonds. The molecule has 0 radical (unpaired) electrons. The number of rotatable bonds is 8. The Morgan fingerprint density at radius 3 is 2.82 bits per heavy atom. The molecule has 0 aliphatic carbocycles. The molecule has 1 aromatic rings. The molecule has 0 saturated carbocycles. The van der Waals surface area contributed by atoms with Crippen LogP contribution < -0.4 is 5.73 Å². The summed E-state index contributed by atoms with van der Waals surface area (Å²) in [7, 11) is 1.86. The smallest absolute Gasteiger partial charge is 0.306 e. The fraction of sp³-hybridized carbons (Fsp3) is 0.667. The first kappa shape index (κ1) is 13.7. The van der Waals surface area contributed by atoms with Crippen molar-refractivity contribution in [2.75, 3.05) is 6.54 Å². The Morgan fingerprint density at radius 2 is 2.29 bits per heavy atom. The summed E-state index contributed by atoms with van der Waals surface area (Å²) < 4.78 is 1.74. The lowest BCUT2D eigenvalue weighted by Gasteiger charge is -2.10. The Labute approximate surface area is 102 Å². The second-order valence-corrected chi connectivity index (χ2v) is 4.38. The van der Waals surface area contributed by atoms with Crippen LogP contribution in [0.3, 0.4) is 0 Å². The topological polar surface area (TPSA) is 81.1 Å². The van der Waals surface area contributed by atoms with Crippen LogP contribution >= 0.6 is 0 Å². The van der Waals surface area contributed by atoms with Crippen molar-refractivity contribution in [3.63, 3.8) is 0 Å². The van der Waals surface area contributed by atoms with E-state index in [1.165, 1.54) is 0 Å². The molecule has 0 aliphatic rings. The lowest BCUT2D eigenvalue weighted by atomic mass is 9.95. The van der Waals surface area contributed by atoms with Crippen LogP contribution in [0.5, 0.6) is 0 Å². The molecule has 1 atom stereocenters. The third-order valence-electron chi connectivity index (χ3n) is 2.90.